The summed E-state index contributed by atoms with van der Waals surface area (Å²) in [5.74, 6) is 1.33. The van der Waals surface area contributed by atoms with Crippen molar-refractivity contribution >= 4 is 22.9 Å². The minimum absolute atomic E-state index is 0.0114. The summed E-state index contributed by atoms with van der Waals surface area (Å²) in [5.41, 5.74) is 3.93. The van der Waals surface area contributed by atoms with Crippen molar-refractivity contribution in [1.82, 2.24) is 24.5 Å². The van der Waals surface area contributed by atoms with E-state index < -0.39 is 0 Å². The summed E-state index contributed by atoms with van der Waals surface area (Å²) in [6, 6.07) is 11.3. The van der Waals surface area contributed by atoms with Crippen molar-refractivity contribution in [3.05, 3.63) is 54.5 Å². The first kappa shape index (κ1) is 23.0. The number of para-hydroxylation sites is 1. The lowest BCUT2D eigenvalue weighted by Gasteiger charge is -2.17. The maximum atomic E-state index is 10.1. The first-order chi connectivity index (χ1) is 17.2. The smallest absolute Gasteiger partial charge is 0.227 e. The molecule has 3 aromatic heterocycles. The van der Waals surface area contributed by atoms with Crippen molar-refractivity contribution in [3.8, 4) is 17.0 Å². The zero-order valence-corrected chi connectivity index (χ0v) is 19.9. The van der Waals surface area contributed by atoms with E-state index in [-0.39, 0.29) is 18.4 Å². The third kappa shape index (κ3) is 4.90. The fourth-order valence-electron chi connectivity index (χ4n) is 4.58. The molecule has 0 radical (unpaired) electrons. The SMILES string of the molecule is CCC(CO)Nc1nc(NCc2ccc(-c3ccccc3O)nc2)c2ncn(C3CCCC3)c2n1. The molecule has 1 unspecified atom stereocenters. The van der Waals surface area contributed by atoms with Crippen LogP contribution in [0.5, 0.6) is 5.75 Å². The molecule has 4 aromatic rings. The molecule has 35 heavy (non-hydrogen) atoms. The number of hydrogen-bond donors (Lipinski definition) is 4. The first-order valence-electron chi connectivity index (χ1n) is 12.3. The summed E-state index contributed by atoms with van der Waals surface area (Å²) >= 11 is 0. The molecule has 1 fully saturated rings. The van der Waals surface area contributed by atoms with Gasteiger partial charge in [0.25, 0.3) is 0 Å². The highest BCUT2D eigenvalue weighted by Gasteiger charge is 2.22. The lowest BCUT2D eigenvalue weighted by molar-refractivity contribution is 0.271. The van der Waals surface area contributed by atoms with Crippen LogP contribution in [0.25, 0.3) is 22.4 Å². The van der Waals surface area contributed by atoms with Gasteiger partial charge in [0.15, 0.2) is 17.0 Å². The van der Waals surface area contributed by atoms with Gasteiger partial charge in [0, 0.05) is 24.3 Å². The molecule has 0 spiro atoms. The Bertz CT molecular complexity index is 1280. The molecular weight excluding hydrogens is 442 g/mol. The number of imidazole rings is 1. The molecule has 1 aliphatic rings. The highest BCUT2D eigenvalue weighted by molar-refractivity contribution is 5.84. The molecule has 1 atom stereocenters. The molecule has 0 amide bonds. The van der Waals surface area contributed by atoms with Crippen LogP contribution in [0.15, 0.2) is 48.9 Å². The van der Waals surface area contributed by atoms with Crippen LogP contribution < -0.4 is 10.6 Å². The average Bonchev–Trinajstić information content (AvgIpc) is 3.56. The molecular formula is C26H31N7O2. The molecule has 0 bridgehead atoms. The van der Waals surface area contributed by atoms with Crippen molar-refractivity contribution in [2.24, 2.45) is 0 Å². The van der Waals surface area contributed by atoms with Crippen LogP contribution in [0.2, 0.25) is 0 Å². The van der Waals surface area contributed by atoms with E-state index in [0.717, 1.165) is 36.0 Å². The Morgan fingerprint density at radius 3 is 2.63 bits per heavy atom. The molecule has 5 rings (SSSR count). The topological polar surface area (TPSA) is 121 Å². The number of anilines is 2. The van der Waals surface area contributed by atoms with Gasteiger partial charge in [-0.05, 0) is 43.0 Å². The van der Waals surface area contributed by atoms with Crippen LogP contribution in [-0.4, -0.2) is 47.4 Å². The van der Waals surface area contributed by atoms with Crippen LogP contribution in [-0.2, 0) is 6.54 Å². The van der Waals surface area contributed by atoms with E-state index in [9.17, 15) is 10.2 Å². The second-order valence-corrected chi connectivity index (χ2v) is 9.01. The maximum absolute atomic E-state index is 10.1. The Morgan fingerprint density at radius 1 is 1.09 bits per heavy atom. The van der Waals surface area contributed by atoms with Gasteiger partial charge in [-0.3, -0.25) is 4.98 Å². The summed E-state index contributed by atoms with van der Waals surface area (Å²) in [6.45, 7) is 2.53. The van der Waals surface area contributed by atoms with Gasteiger partial charge in [-0.15, -0.1) is 0 Å². The number of hydrogen-bond acceptors (Lipinski definition) is 8. The van der Waals surface area contributed by atoms with Gasteiger partial charge in [-0.25, -0.2) is 4.98 Å². The van der Waals surface area contributed by atoms with E-state index in [0.29, 0.717) is 35.6 Å². The van der Waals surface area contributed by atoms with Crippen molar-refractivity contribution in [2.45, 2.75) is 57.7 Å². The van der Waals surface area contributed by atoms with Crippen molar-refractivity contribution in [3.63, 3.8) is 0 Å². The number of rotatable bonds is 9. The second kappa shape index (κ2) is 10.3. The van der Waals surface area contributed by atoms with Gasteiger partial charge in [0.1, 0.15) is 5.75 Å². The third-order valence-electron chi connectivity index (χ3n) is 6.65. The molecule has 9 nitrogen and oxygen atoms in total. The lowest BCUT2D eigenvalue weighted by atomic mass is 10.1. The Hall–Kier alpha value is -3.72. The minimum Gasteiger partial charge on any atom is -0.507 e. The first-order valence-corrected chi connectivity index (χ1v) is 12.3. The number of nitrogens with one attached hydrogen (secondary N) is 2. The number of aromatic hydroxyl groups is 1. The molecule has 1 aromatic carbocycles. The molecule has 1 saturated carbocycles. The van der Waals surface area contributed by atoms with E-state index in [4.69, 9.17) is 9.97 Å². The van der Waals surface area contributed by atoms with Crippen molar-refractivity contribution in [2.75, 3.05) is 17.2 Å². The number of pyridine rings is 1. The Kier molecular flexibility index (Phi) is 6.76. The maximum Gasteiger partial charge on any atom is 0.227 e. The molecule has 3 heterocycles. The number of fused-ring (bicyclic) bond motifs is 1. The fourth-order valence-corrected chi connectivity index (χ4v) is 4.58. The average molecular weight is 474 g/mol. The third-order valence-corrected chi connectivity index (χ3v) is 6.65. The Morgan fingerprint density at radius 2 is 1.91 bits per heavy atom. The highest BCUT2D eigenvalue weighted by atomic mass is 16.3. The van der Waals surface area contributed by atoms with Gasteiger partial charge in [-0.1, -0.05) is 38.0 Å². The van der Waals surface area contributed by atoms with Crippen LogP contribution in [0.4, 0.5) is 11.8 Å². The summed E-state index contributed by atoms with van der Waals surface area (Å²) < 4.78 is 2.17. The van der Waals surface area contributed by atoms with Crippen molar-refractivity contribution in [1.29, 1.82) is 0 Å². The van der Waals surface area contributed by atoms with Gasteiger partial charge >= 0.3 is 0 Å². The van der Waals surface area contributed by atoms with Gasteiger partial charge in [-0.2, -0.15) is 9.97 Å². The van der Waals surface area contributed by atoms with Crippen molar-refractivity contribution < 1.29 is 10.2 Å². The molecule has 9 heteroatoms. The van der Waals surface area contributed by atoms with E-state index in [1.54, 1.807) is 18.3 Å². The monoisotopic (exact) mass is 473 g/mol. The van der Waals surface area contributed by atoms with Gasteiger partial charge < -0.3 is 25.4 Å². The van der Waals surface area contributed by atoms with E-state index in [1.165, 1.54) is 12.8 Å². The minimum atomic E-state index is -0.116. The predicted molar refractivity (Wildman–Crippen MR) is 136 cm³/mol. The summed E-state index contributed by atoms with van der Waals surface area (Å²) in [7, 11) is 0. The quantitative estimate of drug-likeness (QED) is 0.280. The van der Waals surface area contributed by atoms with E-state index in [1.807, 2.05) is 37.5 Å². The van der Waals surface area contributed by atoms with Crippen LogP contribution in [0, 0.1) is 0 Å². The number of aliphatic hydroxyl groups is 1. The standard InChI is InChI=1S/C26H31N7O2/c1-2-18(15-34)30-26-31-24(23-25(32-26)33(16-29-23)19-7-3-4-8-19)28-14-17-11-12-21(27-13-17)20-9-5-6-10-22(20)35/h5-6,9-13,16,18-19,34-35H,2-4,7-8,14-15H2,1H3,(H2,28,30,31,32). The summed E-state index contributed by atoms with van der Waals surface area (Å²) in [5, 5.41) is 26.4. The molecule has 0 saturated heterocycles. The van der Waals surface area contributed by atoms with Gasteiger partial charge in [0.05, 0.1) is 24.7 Å². The number of phenolic OH excluding ortho intramolecular Hbond substituents is 1. The van der Waals surface area contributed by atoms with Gasteiger partial charge in [0.2, 0.25) is 5.95 Å². The number of aliphatic hydroxyl groups excluding tert-OH is 1. The fraction of sp³-hybridized carbons (Fsp3) is 0.385. The summed E-state index contributed by atoms with van der Waals surface area (Å²) in [4.78, 5) is 18.7. The zero-order chi connectivity index (χ0) is 24.2. The Balaban J connectivity index is 1.41. The van der Waals surface area contributed by atoms with E-state index in [2.05, 4.69) is 25.2 Å². The molecule has 1 aliphatic carbocycles. The highest BCUT2D eigenvalue weighted by Crippen LogP contribution is 2.33. The zero-order valence-electron chi connectivity index (χ0n) is 19.9. The van der Waals surface area contributed by atoms with Crippen LogP contribution in [0.3, 0.4) is 0 Å². The second-order valence-electron chi connectivity index (χ2n) is 9.01. The Labute approximate surface area is 204 Å². The van der Waals surface area contributed by atoms with Crippen LogP contribution >= 0.6 is 0 Å². The lowest BCUT2D eigenvalue weighted by Crippen LogP contribution is -2.24. The number of phenols is 1. The predicted octanol–water partition coefficient (Wildman–Crippen LogP) is 4.50. The van der Waals surface area contributed by atoms with Crippen LogP contribution in [0.1, 0.15) is 50.6 Å². The van der Waals surface area contributed by atoms with E-state index >= 15 is 0 Å². The largest absolute Gasteiger partial charge is 0.507 e. The number of benzene rings is 1. The number of aromatic nitrogens is 5. The molecule has 0 aliphatic heterocycles. The summed E-state index contributed by atoms with van der Waals surface area (Å²) in [6.07, 6.45) is 9.13. The molecule has 4 N–H and O–H groups in total. The number of nitrogens with zero attached hydrogens (tertiary/aromatic N) is 5. The normalized spacial score (nSPS) is 14.9. The molecule has 182 valence electrons.